The average molecular weight is 375 g/mol. The first kappa shape index (κ1) is 19.8. The summed E-state index contributed by atoms with van der Waals surface area (Å²) in [7, 11) is 1.58. The van der Waals surface area contributed by atoms with E-state index in [-0.39, 0.29) is 0 Å². The first-order chi connectivity index (χ1) is 13.7. The Hall–Kier alpha value is -2.95. The van der Waals surface area contributed by atoms with Gasteiger partial charge in [0.15, 0.2) is 0 Å². The number of methoxy groups -OCH3 is 1. The molecule has 0 amide bonds. The summed E-state index contributed by atoms with van der Waals surface area (Å²) in [6.45, 7) is 0.360. The number of carbonyl (C=O) groups is 1. The summed E-state index contributed by atoms with van der Waals surface area (Å²) < 4.78 is 5.15. The smallest absolute Gasteiger partial charge is 0.320 e. The Morgan fingerprint density at radius 2 is 1.25 bits per heavy atom. The maximum Gasteiger partial charge on any atom is 0.320 e. The fourth-order valence-corrected chi connectivity index (χ4v) is 3.57. The molecule has 4 nitrogen and oxygen atoms in total. The van der Waals surface area contributed by atoms with E-state index in [9.17, 15) is 9.90 Å². The number of hydrogen-bond donors (Lipinski definition) is 2. The van der Waals surface area contributed by atoms with E-state index in [1.54, 1.807) is 7.11 Å². The van der Waals surface area contributed by atoms with Crippen LogP contribution in [0.15, 0.2) is 91.0 Å². The summed E-state index contributed by atoms with van der Waals surface area (Å²) in [4.78, 5) is 12.1. The molecule has 0 radical (unpaired) electrons. The Labute approximate surface area is 165 Å². The second-order valence-corrected chi connectivity index (χ2v) is 6.66. The van der Waals surface area contributed by atoms with Gasteiger partial charge in [-0.3, -0.25) is 10.1 Å². The van der Waals surface area contributed by atoms with Crippen molar-refractivity contribution in [2.24, 2.45) is 0 Å². The van der Waals surface area contributed by atoms with E-state index in [2.05, 4.69) is 5.32 Å². The number of rotatable bonds is 9. The minimum absolute atomic E-state index is 0.360. The predicted molar refractivity (Wildman–Crippen MR) is 110 cm³/mol. The largest absolute Gasteiger partial charge is 0.480 e. The quantitative estimate of drug-likeness (QED) is 0.554. The lowest BCUT2D eigenvalue weighted by atomic mass is 9.76. The molecular weight excluding hydrogens is 350 g/mol. The van der Waals surface area contributed by atoms with E-state index in [1.165, 1.54) is 0 Å². The van der Waals surface area contributed by atoms with Crippen LogP contribution in [-0.2, 0) is 15.1 Å². The number of nitrogens with one attached hydrogen (secondary N) is 1. The molecule has 1 atom stereocenters. The molecule has 0 saturated carbocycles. The molecular formula is C24H25NO3. The third-order valence-electron chi connectivity index (χ3n) is 4.92. The molecule has 4 heteroatoms. The molecule has 144 valence electrons. The molecule has 3 aromatic rings. The van der Waals surface area contributed by atoms with Crippen LogP contribution in [0.5, 0.6) is 0 Å². The summed E-state index contributed by atoms with van der Waals surface area (Å²) in [5, 5.41) is 13.4. The summed E-state index contributed by atoms with van der Waals surface area (Å²) in [6, 6.07) is 29.1. The Morgan fingerprint density at radius 1 is 0.857 bits per heavy atom. The minimum Gasteiger partial charge on any atom is -0.480 e. The lowest BCUT2D eigenvalue weighted by Crippen LogP contribution is -2.52. The lowest BCUT2D eigenvalue weighted by Gasteiger charge is -2.39. The summed E-state index contributed by atoms with van der Waals surface area (Å²) in [6.07, 6.45) is 0.361. The average Bonchev–Trinajstić information content (AvgIpc) is 2.76. The maximum absolute atomic E-state index is 12.1. The Balaban J connectivity index is 2.23. The van der Waals surface area contributed by atoms with Gasteiger partial charge in [0.1, 0.15) is 6.04 Å². The predicted octanol–water partition coefficient (Wildman–Crippen LogP) is 4.06. The van der Waals surface area contributed by atoms with Crippen LogP contribution in [0.3, 0.4) is 0 Å². The fourth-order valence-electron chi connectivity index (χ4n) is 3.57. The van der Waals surface area contributed by atoms with E-state index >= 15 is 0 Å². The first-order valence-corrected chi connectivity index (χ1v) is 9.34. The second kappa shape index (κ2) is 9.31. The molecule has 0 aliphatic carbocycles. The van der Waals surface area contributed by atoms with Crippen molar-refractivity contribution in [2.75, 3.05) is 13.7 Å². The van der Waals surface area contributed by atoms with Gasteiger partial charge in [0.25, 0.3) is 0 Å². The highest BCUT2D eigenvalue weighted by atomic mass is 16.5. The van der Waals surface area contributed by atoms with Gasteiger partial charge < -0.3 is 9.84 Å². The van der Waals surface area contributed by atoms with E-state index in [0.29, 0.717) is 13.0 Å². The van der Waals surface area contributed by atoms with E-state index in [0.717, 1.165) is 16.7 Å². The number of hydrogen-bond acceptors (Lipinski definition) is 3. The van der Waals surface area contributed by atoms with Crippen molar-refractivity contribution in [3.05, 3.63) is 108 Å². The molecule has 0 aliphatic rings. The zero-order valence-corrected chi connectivity index (χ0v) is 15.9. The topological polar surface area (TPSA) is 58.6 Å². The monoisotopic (exact) mass is 375 g/mol. The van der Waals surface area contributed by atoms with Gasteiger partial charge in [0.2, 0.25) is 0 Å². The summed E-state index contributed by atoms with van der Waals surface area (Å²) in [5.41, 5.74) is 2.14. The van der Waals surface area contributed by atoms with Crippen molar-refractivity contribution >= 4 is 5.97 Å². The Bertz CT molecular complexity index is 769. The van der Waals surface area contributed by atoms with Crippen LogP contribution in [0.2, 0.25) is 0 Å². The van der Waals surface area contributed by atoms with E-state index in [1.807, 2.05) is 91.0 Å². The number of carboxylic acids is 1. The molecule has 0 aromatic heterocycles. The zero-order chi connectivity index (χ0) is 19.8. The van der Waals surface area contributed by atoms with Crippen LogP contribution < -0.4 is 5.32 Å². The molecule has 0 heterocycles. The van der Waals surface area contributed by atoms with Crippen molar-refractivity contribution in [1.29, 1.82) is 0 Å². The van der Waals surface area contributed by atoms with Crippen molar-refractivity contribution in [3.63, 3.8) is 0 Å². The number of benzene rings is 3. The van der Waals surface area contributed by atoms with Crippen LogP contribution in [0.4, 0.5) is 0 Å². The van der Waals surface area contributed by atoms with Crippen LogP contribution in [0.1, 0.15) is 23.1 Å². The first-order valence-electron chi connectivity index (χ1n) is 9.34. The molecule has 3 rings (SSSR count). The van der Waals surface area contributed by atoms with Crippen LogP contribution in [0, 0.1) is 0 Å². The molecule has 0 saturated heterocycles. The number of ether oxygens (including phenoxy) is 1. The van der Waals surface area contributed by atoms with E-state index in [4.69, 9.17) is 4.74 Å². The molecule has 3 aromatic carbocycles. The van der Waals surface area contributed by atoms with Crippen molar-refractivity contribution in [3.8, 4) is 0 Å². The minimum atomic E-state index is -0.899. The van der Waals surface area contributed by atoms with Crippen molar-refractivity contribution in [2.45, 2.75) is 18.0 Å². The molecule has 0 bridgehead atoms. The molecule has 0 unspecified atom stereocenters. The highest BCUT2D eigenvalue weighted by Gasteiger charge is 2.39. The van der Waals surface area contributed by atoms with Crippen LogP contribution in [0.25, 0.3) is 0 Å². The normalized spacial score (nSPS) is 12.5. The van der Waals surface area contributed by atoms with Crippen LogP contribution in [-0.4, -0.2) is 30.8 Å². The van der Waals surface area contributed by atoms with Gasteiger partial charge in [-0.15, -0.1) is 0 Å². The van der Waals surface area contributed by atoms with Crippen molar-refractivity contribution < 1.29 is 14.6 Å². The van der Waals surface area contributed by atoms with E-state index < -0.39 is 17.6 Å². The summed E-state index contributed by atoms with van der Waals surface area (Å²) >= 11 is 0. The van der Waals surface area contributed by atoms with Gasteiger partial charge in [-0.2, -0.15) is 0 Å². The fraction of sp³-hybridized carbons (Fsp3) is 0.208. The standard InChI is InChI=1S/C24H25NO3/c1-28-18-17-22(23(26)27)25-24(19-11-5-2-6-12-19,20-13-7-3-8-14-20)21-15-9-4-10-16-21/h2-16,22,25H,17-18H2,1H3,(H,26,27)/t22-/m0/s1. The van der Waals surface area contributed by atoms with Gasteiger partial charge >= 0.3 is 5.97 Å². The number of aliphatic carboxylic acids is 1. The molecule has 0 spiro atoms. The lowest BCUT2D eigenvalue weighted by molar-refractivity contribution is -0.140. The van der Waals surface area contributed by atoms with Gasteiger partial charge in [-0.1, -0.05) is 91.0 Å². The van der Waals surface area contributed by atoms with Crippen LogP contribution >= 0.6 is 0 Å². The van der Waals surface area contributed by atoms with Gasteiger partial charge in [0.05, 0.1) is 5.54 Å². The molecule has 0 fully saturated rings. The Morgan fingerprint density at radius 3 is 1.57 bits per heavy atom. The third kappa shape index (κ3) is 4.14. The molecule has 2 N–H and O–H groups in total. The Kier molecular flexibility index (Phi) is 6.58. The highest BCUT2D eigenvalue weighted by molar-refractivity contribution is 5.74. The SMILES string of the molecule is COCC[C@H](NC(c1ccccc1)(c1ccccc1)c1ccccc1)C(=O)O. The van der Waals surface area contributed by atoms with Crippen molar-refractivity contribution in [1.82, 2.24) is 5.32 Å². The maximum atomic E-state index is 12.1. The van der Waals surface area contributed by atoms with Gasteiger partial charge in [-0.05, 0) is 23.1 Å². The van der Waals surface area contributed by atoms with Gasteiger partial charge in [-0.25, -0.2) is 0 Å². The third-order valence-corrected chi connectivity index (χ3v) is 4.92. The molecule has 0 aliphatic heterocycles. The second-order valence-electron chi connectivity index (χ2n) is 6.66. The molecule has 28 heavy (non-hydrogen) atoms. The zero-order valence-electron chi connectivity index (χ0n) is 15.9. The summed E-state index contributed by atoms with van der Waals surface area (Å²) in [5.74, 6) is -0.899. The number of carboxylic acid groups (broad SMARTS) is 1. The highest BCUT2D eigenvalue weighted by Crippen LogP contribution is 2.37. The van der Waals surface area contributed by atoms with Gasteiger partial charge in [0, 0.05) is 13.7 Å².